The lowest BCUT2D eigenvalue weighted by Gasteiger charge is -2.08. The molecule has 4 nitrogen and oxygen atoms in total. The van der Waals surface area contributed by atoms with Gasteiger partial charge >= 0.3 is 5.97 Å². The molecule has 0 saturated carbocycles. The Labute approximate surface area is 105 Å². The van der Waals surface area contributed by atoms with Crippen molar-refractivity contribution in [2.75, 3.05) is 23.4 Å². The van der Waals surface area contributed by atoms with Crippen LogP contribution in [-0.4, -0.2) is 33.3 Å². The van der Waals surface area contributed by atoms with Crippen molar-refractivity contribution in [2.24, 2.45) is 0 Å². The van der Waals surface area contributed by atoms with Crippen molar-refractivity contribution < 1.29 is 22.9 Å². The summed E-state index contributed by atoms with van der Waals surface area (Å²) in [7, 11) is -0.997. The zero-order valence-corrected chi connectivity index (χ0v) is 10.5. The summed E-state index contributed by atoms with van der Waals surface area (Å²) in [4.78, 5) is 10.6. The van der Waals surface area contributed by atoms with E-state index in [0.717, 1.165) is 12.1 Å². The highest BCUT2D eigenvalue weighted by Crippen LogP contribution is 2.20. The highest BCUT2D eigenvalue weighted by Gasteiger charge is 2.17. The van der Waals surface area contributed by atoms with Crippen molar-refractivity contribution in [3.63, 3.8) is 0 Å². The van der Waals surface area contributed by atoms with Crippen LogP contribution in [0.3, 0.4) is 0 Å². The van der Waals surface area contributed by atoms with E-state index in [-0.39, 0.29) is 12.2 Å². The predicted molar refractivity (Wildman–Crippen MR) is 65.4 cm³/mol. The normalized spacial score (nSPS) is 12.2. The fraction of sp³-hybridized carbons (Fsp3) is 0.364. The fourth-order valence-corrected chi connectivity index (χ4v) is 1.91. The van der Waals surface area contributed by atoms with Gasteiger partial charge in [-0.2, -0.15) is 0 Å². The van der Waals surface area contributed by atoms with Gasteiger partial charge in [-0.3, -0.25) is 4.21 Å². The molecule has 1 rings (SSSR count). The Balaban J connectivity index is 2.77. The molecule has 0 radical (unpaired) electrons. The van der Waals surface area contributed by atoms with Crippen LogP contribution in [0.25, 0.3) is 0 Å². The maximum atomic E-state index is 13.5. The molecule has 0 fully saturated rings. The molecule has 1 aromatic carbocycles. The summed E-state index contributed by atoms with van der Waals surface area (Å²) in [6.45, 7) is 1.99. The zero-order valence-electron chi connectivity index (χ0n) is 9.70. The van der Waals surface area contributed by atoms with Crippen LogP contribution in [0.15, 0.2) is 12.1 Å². The third-order valence-corrected chi connectivity index (χ3v) is 3.58. The van der Waals surface area contributed by atoms with Gasteiger partial charge in [0.1, 0.15) is 0 Å². The Morgan fingerprint density at radius 1 is 1.39 bits per heavy atom. The van der Waals surface area contributed by atoms with Gasteiger partial charge in [-0.15, -0.1) is 0 Å². The van der Waals surface area contributed by atoms with Gasteiger partial charge in [-0.1, -0.05) is 6.92 Å². The molecule has 0 aliphatic carbocycles. The van der Waals surface area contributed by atoms with Gasteiger partial charge < -0.3 is 10.4 Å². The van der Waals surface area contributed by atoms with Crippen molar-refractivity contribution in [2.45, 2.75) is 6.92 Å². The zero-order chi connectivity index (χ0) is 13.7. The number of benzene rings is 1. The van der Waals surface area contributed by atoms with Crippen LogP contribution < -0.4 is 5.32 Å². The van der Waals surface area contributed by atoms with Gasteiger partial charge in [0.05, 0.1) is 11.3 Å². The summed E-state index contributed by atoms with van der Waals surface area (Å²) >= 11 is 0. The Kier molecular flexibility index (Phi) is 5.21. The van der Waals surface area contributed by atoms with Crippen LogP contribution in [0.4, 0.5) is 14.5 Å². The van der Waals surface area contributed by atoms with Crippen molar-refractivity contribution in [3.8, 4) is 0 Å². The lowest BCUT2D eigenvalue weighted by atomic mass is 10.2. The first-order valence-electron chi connectivity index (χ1n) is 5.27. The molecule has 7 heteroatoms. The van der Waals surface area contributed by atoms with Crippen molar-refractivity contribution in [1.29, 1.82) is 0 Å². The first kappa shape index (κ1) is 14.6. The highest BCUT2D eigenvalue weighted by molar-refractivity contribution is 7.84. The lowest BCUT2D eigenvalue weighted by molar-refractivity contribution is 0.0690. The van der Waals surface area contributed by atoms with Gasteiger partial charge in [-0.25, -0.2) is 13.6 Å². The molecule has 1 aromatic rings. The minimum atomic E-state index is -1.52. The van der Waals surface area contributed by atoms with Gasteiger partial charge in [0.2, 0.25) is 0 Å². The number of halogens is 2. The summed E-state index contributed by atoms with van der Waals surface area (Å²) in [5.74, 6) is -3.35. The first-order valence-corrected chi connectivity index (χ1v) is 6.76. The number of anilines is 1. The van der Waals surface area contributed by atoms with Crippen molar-refractivity contribution in [1.82, 2.24) is 0 Å². The van der Waals surface area contributed by atoms with Gasteiger partial charge in [-0.05, 0) is 12.1 Å². The molecular formula is C11H13F2NO3S. The van der Waals surface area contributed by atoms with Crippen LogP contribution in [0, 0.1) is 11.6 Å². The molecular weight excluding hydrogens is 264 g/mol. The predicted octanol–water partition coefficient (Wildman–Crippen LogP) is 1.84. The maximum absolute atomic E-state index is 13.5. The van der Waals surface area contributed by atoms with Gasteiger partial charge in [0.25, 0.3) is 0 Å². The van der Waals surface area contributed by atoms with E-state index in [2.05, 4.69) is 5.32 Å². The van der Waals surface area contributed by atoms with Gasteiger partial charge in [0, 0.05) is 28.9 Å². The minimum absolute atomic E-state index is 0.134. The molecule has 0 amide bonds. The standard InChI is InChI=1S/C11H13F2NO3S/c1-2-18(17)6-5-14-8-4-3-7(11(15)16)9(12)10(8)13/h3-4,14H,2,5-6H2,1H3,(H,15,16). The average Bonchev–Trinajstić information content (AvgIpc) is 2.33. The van der Waals surface area contributed by atoms with E-state index in [4.69, 9.17) is 5.11 Å². The number of hydrogen-bond acceptors (Lipinski definition) is 3. The summed E-state index contributed by atoms with van der Waals surface area (Å²) in [5, 5.41) is 11.2. The molecule has 0 aliphatic rings. The van der Waals surface area contributed by atoms with E-state index in [1.807, 2.05) is 0 Å². The molecule has 0 aromatic heterocycles. The SMILES string of the molecule is CCS(=O)CCNc1ccc(C(=O)O)c(F)c1F. The second-order valence-corrected chi connectivity index (χ2v) is 5.32. The van der Waals surface area contributed by atoms with E-state index in [9.17, 15) is 17.8 Å². The molecule has 1 unspecified atom stereocenters. The fourth-order valence-electron chi connectivity index (χ4n) is 1.30. The summed E-state index contributed by atoms with van der Waals surface area (Å²) in [6, 6.07) is 2.14. The molecule has 18 heavy (non-hydrogen) atoms. The number of hydrogen-bond donors (Lipinski definition) is 2. The topological polar surface area (TPSA) is 66.4 Å². The minimum Gasteiger partial charge on any atom is -0.478 e. The van der Waals surface area contributed by atoms with Gasteiger partial charge in [0.15, 0.2) is 11.6 Å². The van der Waals surface area contributed by atoms with E-state index >= 15 is 0 Å². The largest absolute Gasteiger partial charge is 0.478 e. The number of nitrogens with one attached hydrogen (secondary N) is 1. The Morgan fingerprint density at radius 2 is 2.06 bits per heavy atom. The lowest BCUT2D eigenvalue weighted by Crippen LogP contribution is -2.14. The van der Waals surface area contributed by atoms with E-state index in [0.29, 0.717) is 11.5 Å². The quantitative estimate of drug-likeness (QED) is 0.832. The monoisotopic (exact) mass is 277 g/mol. The smallest absolute Gasteiger partial charge is 0.338 e. The molecule has 2 N–H and O–H groups in total. The molecule has 0 heterocycles. The van der Waals surface area contributed by atoms with E-state index in [1.54, 1.807) is 6.92 Å². The third-order valence-electron chi connectivity index (χ3n) is 2.28. The summed E-state index contributed by atoms with van der Waals surface area (Å²) < 4.78 is 37.9. The van der Waals surface area contributed by atoms with Crippen molar-refractivity contribution >= 4 is 22.5 Å². The first-order chi connectivity index (χ1) is 8.47. The Morgan fingerprint density at radius 3 is 2.61 bits per heavy atom. The van der Waals surface area contributed by atoms with Crippen LogP contribution in [0.1, 0.15) is 17.3 Å². The van der Waals surface area contributed by atoms with Crippen LogP contribution in [0.2, 0.25) is 0 Å². The molecule has 1 atom stereocenters. The second-order valence-electron chi connectivity index (χ2n) is 3.45. The van der Waals surface area contributed by atoms with E-state index < -0.39 is 34.0 Å². The number of rotatable bonds is 6. The molecule has 0 saturated heterocycles. The van der Waals surface area contributed by atoms with Crippen LogP contribution in [0.5, 0.6) is 0 Å². The number of carboxylic acids is 1. The van der Waals surface area contributed by atoms with E-state index in [1.165, 1.54) is 0 Å². The Hall–Kier alpha value is -1.50. The number of carbonyl (C=O) groups is 1. The Bertz CT molecular complexity index is 480. The molecule has 0 aliphatic heterocycles. The average molecular weight is 277 g/mol. The summed E-state index contributed by atoms with van der Waals surface area (Å²) in [5.41, 5.74) is -0.846. The molecule has 100 valence electrons. The van der Waals surface area contributed by atoms with Crippen LogP contribution >= 0.6 is 0 Å². The number of carboxylic acid groups (broad SMARTS) is 1. The maximum Gasteiger partial charge on any atom is 0.338 e. The van der Waals surface area contributed by atoms with Crippen LogP contribution in [-0.2, 0) is 10.8 Å². The second kappa shape index (κ2) is 6.44. The number of aromatic carboxylic acids is 1. The summed E-state index contributed by atoms with van der Waals surface area (Å²) in [6.07, 6.45) is 0. The van der Waals surface area contributed by atoms with Crippen molar-refractivity contribution in [3.05, 3.63) is 29.3 Å². The highest BCUT2D eigenvalue weighted by atomic mass is 32.2. The third kappa shape index (κ3) is 3.49. The molecule has 0 spiro atoms. The molecule has 0 bridgehead atoms.